The fourth-order valence-electron chi connectivity index (χ4n) is 1.42. The molecular formula is C11H8N6O2S2. The third-order valence-corrected chi connectivity index (χ3v) is 4.15. The maximum absolute atomic E-state index is 12.0. The summed E-state index contributed by atoms with van der Waals surface area (Å²) in [6.07, 6.45) is 5.09. The number of pyridine rings is 1. The molecule has 21 heavy (non-hydrogen) atoms. The number of nitrogens with zero attached hydrogens (tertiary/aromatic N) is 5. The Hall–Kier alpha value is -2.33. The van der Waals surface area contributed by atoms with Gasteiger partial charge in [-0.2, -0.15) is 4.98 Å². The highest BCUT2D eigenvalue weighted by atomic mass is 32.2. The van der Waals surface area contributed by atoms with Crippen molar-refractivity contribution in [3.8, 4) is 11.5 Å². The molecule has 0 aromatic carbocycles. The fraction of sp³-hybridized carbons (Fsp3) is 0.0909. The van der Waals surface area contributed by atoms with Crippen LogP contribution in [0.5, 0.6) is 0 Å². The van der Waals surface area contributed by atoms with Gasteiger partial charge in [0, 0.05) is 12.4 Å². The molecule has 0 spiro atoms. The summed E-state index contributed by atoms with van der Waals surface area (Å²) in [5.41, 5.74) is 0.643. The van der Waals surface area contributed by atoms with Crippen molar-refractivity contribution in [2.45, 2.75) is 4.34 Å². The summed E-state index contributed by atoms with van der Waals surface area (Å²) in [5, 5.41) is 14.3. The Morgan fingerprint density at radius 2 is 2.33 bits per heavy atom. The van der Waals surface area contributed by atoms with Crippen LogP contribution >= 0.6 is 23.1 Å². The van der Waals surface area contributed by atoms with Crippen LogP contribution < -0.4 is 5.32 Å². The normalized spacial score (nSPS) is 10.5. The van der Waals surface area contributed by atoms with Crippen LogP contribution in [0.25, 0.3) is 11.5 Å². The molecule has 3 aromatic heterocycles. The van der Waals surface area contributed by atoms with Crippen LogP contribution in [-0.2, 0) is 0 Å². The highest BCUT2D eigenvalue weighted by Gasteiger charge is 2.17. The average Bonchev–Trinajstić information content (AvgIpc) is 3.17. The van der Waals surface area contributed by atoms with E-state index < -0.39 is 5.91 Å². The van der Waals surface area contributed by atoms with Crippen molar-refractivity contribution < 1.29 is 9.32 Å². The molecule has 0 saturated carbocycles. The van der Waals surface area contributed by atoms with E-state index in [1.165, 1.54) is 23.1 Å². The predicted octanol–water partition coefficient (Wildman–Crippen LogP) is 1.96. The van der Waals surface area contributed by atoms with E-state index in [4.69, 9.17) is 4.52 Å². The molecule has 3 rings (SSSR count). The van der Waals surface area contributed by atoms with Gasteiger partial charge in [0.15, 0.2) is 4.34 Å². The zero-order chi connectivity index (χ0) is 14.7. The Morgan fingerprint density at radius 1 is 1.43 bits per heavy atom. The van der Waals surface area contributed by atoms with E-state index in [-0.39, 0.29) is 11.7 Å². The maximum Gasteiger partial charge on any atom is 0.298 e. The first-order valence-corrected chi connectivity index (χ1v) is 7.73. The van der Waals surface area contributed by atoms with Gasteiger partial charge in [-0.15, -0.1) is 10.2 Å². The summed E-state index contributed by atoms with van der Waals surface area (Å²) >= 11 is 2.72. The summed E-state index contributed by atoms with van der Waals surface area (Å²) in [5.74, 6) is -0.345. The number of amides is 1. The van der Waals surface area contributed by atoms with Crippen molar-refractivity contribution in [1.82, 2.24) is 25.3 Å². The molecular weight excluding hydrogens is 312 g/mol. The largest absolute Gasteiger partial charge is 0.333 e. The lowest BCUT2D eigenvalue weighted by Crippen LogP contribution is -2.13. The summed E-state index contributed by atoms with van der Waals surface area (Å²) in [7, 11) is 0. The molecule has 0 atom stereocenters. The number of thioether (sulfide) groups is 1. The lowest BCUT2D eigenvalue weighted by molar-refractivity contribution is 0.101. The SMILES string of the molecule is CSc1nnc(NC(=O)c2noc(-c3cccnc3)n2)s1. The molecule has 0 bridgehead atoms. The van der Waals surface area contributed by atoms with Gasteiger partial charge in [0.05, 0.1) is 5.56 Å². The van der Waals surface area contributed by atoms with Crippen molar-refractivity contribution in [3.63, 3.8) is 0 Å². The number of hydrogen-bond donors (Lipinski definition) is 1. The minimum atomic E-state index is -0.502. The molecule has 3 aromatic rings. The number of anilines is 1. The van der Waals surface area contributed by atoms with Crippen LogP contribution in [0.2, 0.25) is 0 Å². The first-order valence-electron chi connectivity index (χ1n) is 5.69. The van der Waals surface area contributed by atoms with Gasteiger partial charge < -0.3 is 4.52 Å². The molecule has 106 valence electrons. The van der Waals surface area contributed by atoms with E-state index in [9.17, 15) is 4.79 Å². The van der Waals surface area contributed by atoms with Crippen molar-refractivity contribution in [2.75, 3.05) is 11.6 Å². The molecule has 10 heteroatoms. The summed E-state index contributed by atoms with van der Waals surface area (Å²) in [6, 6.07) is 3.50. The lowest BCUT2D eigenvalue weighted by Gasteiger charge is -1.93. The Labute approximate surface area is 127 Å². The Bertz CT molecular complexity index is 757. The van der Waals surface area contributed by atoms with Gasteiger partial charge in [-0.05, 0) is 18.4 Å². The zero-order valence-electron chi connectivity index (χ0n) is 10.7. The second-order valence-electron chi connectivity index (χ2n) is 3.70. The third-order valence-electron chi connectivity index (χ3n) is 2.34. The third kappa shape index (κ3) is 3.06. The molecule has 0 aliphatic carbocycles. The van der Waals surface area contributed by atoms with Crippen LogP contribution in [0.15, 0.2) is 33.4 Å². The van der Waals surface area contributed by atoms with E-state index in [2.05, 4.69) is 30.6 Å². The van der Waals surface area contributed by atoms with Gasteiger partial charge >= 0.3 is 0 Å². The van der Waals surface area contributed by atoms with Gasteiger partial charge in [0.25, 0.3) is 17.6 Å². The fourth-order valence-corrected chi connectivity index (χ4v) is 2.58. The molecule has 1 amide bonds. The Kier molecular flexibility index (Phi) is 3.88. The van der Waals surface area contributed by atoms with Gasteiger partial charge in [-0.3, -0.25) is 15.1 Å². The monoisotopic (exact) mass is 320 g/mol. The van der Waals surface area contributed by atoms with Crippen molar-refractivity contribution in [1.29, 1.82) is 0 Å². The van der Waals surface area contributed by atoms with Gasteiger partial charge in [-0.1, -0.05) is 28.3 Å². The standard InChI is InChI=1S/C11H8N6O2S2/c1-20-11-16-15-10(21-11)14-8(18)7-13-9(19-17-7)6-3-2-4-12-5-6/h2-5H,1H3,(H,14,15,18). The molecule has 0 radical (unpaired) electrons. The number of hydrogen-bond acceptors (Lipinski definition) is 9. The topological polar surface area (TPSA) is 107 Å². The van der Waals surface area contributed by atoms with Gasteiger partial charge in [0.2, 0.25) is 5.13 Å². The summed E-state index contributed by atoms with van der Waals surface area (Å²) in [6.45, 7) is 0. The van der Waals surface area contributed by atoms with E-state index in [1.807, 2.05) is 6.26 Å². The van der Waals surface area contributed by atoms with Gasteiger partial charge in [0.1, 0.15) is 0 Å². The number of carbonyl (C=O) groups is 1. The molecule has 3 heterocycles. The maximum atomic E-state index is 12.0. The number of carbonyl (C=O) groups excluding carboxylic acids is 1. The van der Waals surface area contributed by atoms with E-state index in [1.54, 1.807) is 24.5 Å². The lowest BCUT2D eigenvalue weighted by atomic mass is 10.3. The van der Waals surface area contributed by atoms with E-state index >= 15 is 0 Å². The zero-order valence-corrected chi connectivity index (χ0v) is 12.3. The van der Waals surface area contributed by atoms with E-state index in [0.29, 0.717) is 10.7 Å². The first kappa shape index (κ1) is 13.6. The molecule has 0 fully saturated rings. The molecule has 8 nitrogen and oxygen atoms in total. The molecule has 0 aliphatic heterocycles. The smallest absolute Gasteiger partial charge is 0.298 e. The molecule has 0 aliphatic rings. The Morgan fingerprint density at radius 3 is 3.05 bits per heavy atom. The number of aromatic nitrogens is 5. The van der Waals surface area contributed by atoms with Gasteiger partial charge in [-0.25, -0.2) is 0 Å². The highest BCUT2D eigenvalue weighted by Crippen LogP contribution is 2.23. The van der Waals surface area contributed by atoms with Crippen molar-refractivity contribution in [2.24, 2.45) is 0 Å². The minimum absolute atomic E-state index is 0.0743. The number of rotatable bonds is 4. The van der Waals surface area contributed by atoms with Crippen LogP contribution in [0.4, 0.5) is 5.13 Å². The quantitative estimate of drug-likeness (QED) is 0.574. The highest BCUT2D eigenvalue weighted by molar-refractivity contribution is 8.00. The Balaban J connectivity index is 1.75. The van der Waals surface area contributed by atoms with Crippen molar-refractivity contribution >= 4 is 34.1 Å². The summed E-state index contributed by atoms with van der Waals surface area (Å²) in [4.78, 5) is 19.9. The predicted molar refractivity (Wildman–Crippen MR) is 77.2 cm³/mol. The van der Waals surface area contributed by atoms with Crippen LogP contribution in [-0.4, -0.2) is 37.5 Å². The first-order chi connectivity index (χ1) is 10.3. The number of nitrogens with one attached hydrogen (secondary N) is 1. The molecule has 0 unspecified atom stereocenters. The van der Waals surface area contributed by atoms with Crippen molar-refractivity contribution in [3.05, 3.63) is 30.4 Å². The minimum Gasteiger partial charge on any atom is -0.333 e. The van der Waals surface area contributed by atoms with E-state index in [0.717, 1.165) is 4.34 Å². The van der Waals surface area contributed by atoms with Crippen LogP contribution in [0.3, 0.4) is 0 Å². The summed E-state index contributed by atoms with van der Waals surface area (Å²) < 4.78 is 5.80. The second kappa shape index (κ2) is 5.97. The molecule has 0 saturated heterocycles. The second-order valence-corrected chi connectivity index (χ2v) is 5.73. The van der Waals surface area contributed by atoms with Crippen LogP contribution in [0.1, 0.15) is 10.6 Å². The van der Waals surface area contributed by atoms with Crippen LogP contribution in [0, 0.1) is 0 Å². The average molecular weight is 320 g/mol. The molecule has 1 N–H and O–H groups in total.